The minimum atomic E-state index is -0.206. The van der Waals surface area contributed by atoms with E-state index in [4.69, 9.17) is 5.73 Å². The lowest BCUT2D eigenvalue weighted by Gasteiger charge is -2.18. The first-order chi connectivity index (χ1) is 6.50. The summed E-state index contributed by atoms with van der Waals surface area (Å²) in [5.41, 5.74) is 7.71. The summed E-state index contributed by atoms with van der Waals surface area (Å²) in [6.45, 7) is 1.95. The zero-order chi connectivity index (χ0) is 10.7. The van der Waals surface area contributed by atoms with Crippen molar-refractivity contribution in [3.8, 4) is 0 Å². The Hall–Kier alpha value is -1.09. The van der Waals surface area contributed by atoms with Crippen LogP contribution >= 0.6 is 0 Å². The lowest BCUT2D eigenvalue weighted by Crippen LogP contribution is -2.20. The van der Waals surface area contributed by atoms with Gasteiger partial charge in [0.25, 0.3) is 0 Å². The van der Waals surface area contributed by atoms with Crippen LogP contribution in [0, 0.1) is 5.82 Å². The second-order valence-corrected chi connectivity index (χ2v) is 3.85. The van der Waals surface area contributed by atoms with E-state index in [-0.39, 0.29) is 11.9 Å². The number of rotatable bonds is 3. The van der Waals surface area contributed by atoms with Crippen molar-refractivity contribution in [2.75, 3.05) is 19.0 Å². The second-order valence-electron chi connectivity index (χ2n) is 3.85. The Morgan fingerprint density at radius 1 is 1.43 bits per heavy atom. The average Bonchev–Trinajstić information content (AvgIpc) is 2.07. The van der Waals surface area contributed by atoms with Crippen LogP contribution in [-0.2, 0) is 6.42 Å². The maximum absolute atomic E-state index is 13.0. The van der Waals surface area contributed by atoms with E-state index in [1.54, 1.807) is 6.07 Å². The Morgan fingerprint density at radius 3 is 2.57 bits per heavy atom. The highest BCUT2D eigenvalue weighted by Gasteiger charge is 2.07. The maximum atomic E-state index is 13.0. The first-order valence-corrected chi connectivity index (χ1v) is 4.72. The lowest BCUT2D eigenvalue weighted by molar-refractivity contribution is 0.625. The molecule has 1 aromatic carbocycles. The van der Waals surface area contributed by atoms with Gasteiger partial charge >= 0.3 is 0 Å². The molecule has 0 saturated heterocycles. The van der Waals surface area contributed by atoms with Crippen LogP contribution in [-0.4, -0.2) is 20.1 Å². The third-order valence-electron chi connectivity index (χ3n) is 2.07. The van der Waals surface area contributed by atoms with Crippen LogP contribution in [0.4, 0.5) is 10.1 Å². The average molecular weight is 196 g/mol. The fourth-order valence-electron chi connectivity index (χ4n) is 1.47. The molecule has 14 heavy (non-hydrogen) atoms. The van der Waals surface area contributed by atoms with Crippen LogP contribution in [0.25, 0.3) is 0 Å². The van der Waals surface area contributed by atoms with Crippen LogP contribution < -0.4 is 10.6 Å². The van der Waals surface area contributed by atoms with Gasteiger partial charge in [-0.15, -0.1) is 0 Å². The minimum Gasteiger partial charge on any atom is -0.377 e. The minimum absolute atomic E-state index is 0.0964. The molecule has 1 atom stereocenters. The van der Waals surface area contributed by atoms with E-state index >= 15 is 0 Å². The Morgan fingerprint density at radius 2 is 2.07 bits per heavy atom. The van der Waals surface area contributed by atoms with E-state index in [0.717, 1.165) is 17.7 Å². The summed E-state index contributed by atoms with van der Waals surface area (Å²) in [6, 6.07) is 4.91. The van der Waals surface area contributed by atoms with Gasteiger partial charge in [-0.1, -0.05) is 6.07 Å². The molecule has 0 amide bonds. The van der Waals surface area contributed by atoms with Crippen molar-refractivity contribution in [2.45, 2.75) is 19.4 Å². The summed E-state index contributed by atoms with van der Waals surface area (Å²) in [4.78, 5) is 1.90. The van der Waals surface area contributed by atoms with Crippen molar-refractivity contribution in [1.29, 1.82) is 0 Å². The summed E-state index contributed by atoms with van der Waals surface area (Å²) >= 11 is 0. The molecule has 0 fully saturated rings. The maximum Gasteiger partial charge on any atom is 0.125 e. The molecule has 1 aromatic rings. The SMILES string of the molecule is C[C@H](N)Cc1ccc(F)cc1N(C)C. The molecule has 2 N–H and O–H groups in total. The Bertz CT molecular complexity index is 308. The number of hydrogen-bond acceptors (Lipinski definition) is 2. The zero-order valence-corrected chi connectivity index (χ0v) is 8.92. The van der Waals surface area contributed by atoms with Crippen molar-refractivity contribution >= 4 is 5.69 Å². The topological polar surface area (TPSA) is 29.3 Å². The molecule has 0 spiro atoms. The molecule has 0 heterocycles. The Labute approximate surface area is 84.5 Å². The number of nitrogens with zero attached hydrogens (tertiary/aromatic N) is 1. The predicted octanol–water partition coefficient (Wildman–Crippen LogP) is 1.78. The summed E-state index contributed by atoms with van der Waals surface area (Å²) in [7, 11) is 3.80. The standard InChI is InChI=1S/C11H17FN2/c1-8(13)6-9-4-5-10(12)7-11(9)14(2)3/h4-5,7-8H,6,13H2,1-3H3/t8-/m0/s1. The van der Waals surface area contributed by atoms with Gasteiger partial charge in [0.2, 0.25) is 0 Å². The van der Waals surface area contributed by atoms with Crippen molar-refractivity contribution in [3.05, 3.63) is 29.6 Å². The highest BCUT2D eigenvalue weighted by Crippen LogP contribution is 2.20. The smallest absolute Gasteiger partial charge is 0.125 e. The second kappa shape index (κ2) is 4.42. The molecule has 2 nitrogen and oxygen atoms in total. The summed E-state index contributed by atoms with van der Waals surface area (Å²) in [6.07, 6.45) is 0.772. The molecule has 0 aliphatic carbocycles. The molecule has 0 bridgehead atoms. The molecular weight excluding hydrogens is 179 g/mol. The molecule has 0 radical (unpaired) electrons. The third kappa shape index (κ3) is 2.70. The Kier molecular flexibility index (Phi) is 3.47. The van der Waals surface area contributed by atoms with Crippen molar-refractivity contribution in [1.82, 2.24) is 0 Å². The molecule has 3 heteroatoms. The molecular formula is C11H17FN2. The number of hydrogen-bond donors (Lipinski definition) is 1. The monoisotopic (exact) mass is 196 g/mol. The first-order valence-electron chi connectivity index (χ1n) is 4.72. The van der Waals surface area contributed by atoms with Gasteiger partial charge in [0.15, 0.2) is 0 Å². The van der Waals surface area contributed by atoms with E-state index in [1.807, 2.05) is 25.9 Å². The van der Waals surface area contributed by atoms with E-state index in [2.05, 4.69) is 0 Å². The number of halogens is 1. The molecule has 0 aliphatic heterocycles. The fraction of sp³-hybridized carbons (Fsp3) is 0.455. The van der Waals surface area contributed by atoms with Gasteiger partial charge in [0.05, 0.1) is 0 Å². The van der Waals surface area contributed by atoms with Gasteiger partial charge < -0.3 is 10.6 Å². The van der Waals surface area contributed by atoms with Crippen LogP contribution in [0.3, 0.4) is 0 Å². The quantitative estimate of drug-likeness (QED) is 0.798. The normalized spacial score (nSPS) is 12.6. The number of anilines is 1. The van der Waals surface area contributed by atoms with Crippen molar-refractivity contribution in [2.24, 2.45) is 5.73 Å². The molecule has 0 saturated carbocycles. The van der Waals surface area contributed by atoms with Gasteiger partial charge in [0, 0.05) is 25.8 Å². The predicted molar refractivity (Wildman–Crippen MR) is 58.1 cm³/mol. The number of nitrogens with two attached hydrogens (primary N) is 1. The van der Waals surface area contributed by atoms with Crippen molar-refractivity contribution < 1.29 is 4.39 Å². The fourth-order valence-corrected chi connectivity index (χ4v) is 1.47. The van der Waals surface area contributed by atoms with Gasteiger partial charge in [0.1, 0.15) is 5.82 Å². The van der Waals surface area contributed by atoms with Gasteiger partial charge in [-0.2, -0.15) is 0 Å². The Balaban J connectivity index is 3.02. The van der Waals surface area contributed by atoms with E-state index in [1.165, 1.54) is 12.1 Å². The summed E-state index contributed by atoms with van der Waals surface area (Å²) in [5, 5.41) is 0. The van der Waals surface area contributed by atoms with Crippen LogP contribution in [0.5, 0.6) is 0 Å². The molecule has 0 unspecified atom stereocenters. The van der Waals surface area contributed by atoms with E-state index in [9.17, 15) is 4.39 Å². The van der Waals surface area contributed by atoms with E-state index in [0.29, 0.717) is 0 Å². The van der Waals surface area contributed by atoms with Crippen molar-refractivity contribution in [3.63, 3.8) is 0 Å². The van der Waals surface area contributed by atoms with Crippen LogP contribution in [0.15, 0.2) is 18.2 Å². The van der Waals surface area contributed by atoms with Crippen LogP contribution in [0.1, 0.15) is 12.5 Å². The highest BCUT2D eigenvalue weighted by atomic mass is 19.1. The third-order valence-corrected chi connectivity index (χ3v) is 2.07. The van der Waals surface area contributed by atoms with Gasteiger partial charge in [-0.3, -0.25) is 0 Å². The van der Waals surface area contributed by atoms with E-state index < -0.39 is 0 Å². The molecule has 0 aromatic heterocycles. The van der Waals surface area contributed by atoms with Gasteiger partial charge in [-0.25, -0.2) is 4.39 Å². The lowest BCUT2D eigenvalue weighted by atomic mass is 10.0. The van der Waals surface area contributed by atoms with Crippen LogP contribution in [0.2, 0.25) is 0 Å². The first kappa shape index (κ1) is 11.0. The largest absolute Gasteiger partial charge is 0.377 e. The summed E-state index contributed by atoms with van der Waals surface area (Å²) < 4.78 is 13.0. The molecule has 0 aliphatic rings. The highest BCUT2D eigenvalue weighted by molar-refractivity contribution is 5.53. The summed E-state index contributed by atoms with van der Waals surface area (Å²) in [5.74, 6) is -0.206. The van der Waals surface area contributed by atoms with Gasteiger partial charge in [-0.05, 0) is 31.0 Å². The zero-order valence-electron chi connectivity index (χ0n) is 8.92. The molecule has 78 valence electrons. The molecule has 1 rings (SSSR count). The number of benzene rings is 1.